The highest BCUT2D eigenvalue weighted by Gasteiger charge is 2.10. The highest BCUT2D eigenvalue weighted by atomic mass is 16.5. The van der Waals surface area contributed by atoms with Gasteiger partial charge < -0.3 is 15.0 Å². The zero-order valence-electron chi connectivity index (χ0n) is 12.3. The molecule has 0 radical (unpaired) electrons. The van der Waals surface area contributed by atoms with Crippen molar-refractivity contribution in [3.63, 3.8) is 0 Å². The summed E-state index contributed by atoms with van der Waals surface area (Å²) in [4.78, 5) is 25.2. The molecule has 0 saturated carbocycles. The minimum Gasteiger partial charge on any atom is -0.462 e. The van der Waals surface area contributed by atoms with E-state index in [1.165, 1.54) is 0 Å². The molecule has 0 fully saturated rings. The molecular formula is C15H22N2O3. The Morgan fingerprint density at radius 3 is 2.20 bits per heavy atom. The smallest absolute Gasteiger partial charge is 0.338 e. The van der Waals surface area contributed by atoms with Crippen LogP contribution in [0.15, 0.2) is 24.3 Å². The van der Waals surface area contributed by atoms with Gasteiger partial charge in [0.2, 0.25) is 0 Å². The van der Waals surface area contributed by atoms with Crippen LogP contribution in [0.3, 0.4) is 0 Å². The highest BCUT2D eigenvalue weighted by molar-refractivity contribution is 5.92. The van der Waals surface area contributed by atoms with E-state index in [2.05, 4.69) is 5.32 Å². The number of hydrogen-bond donors (Lipinski definition) is 1. The van der Waals surface area contributed by atoms with Gasteiger partial charge in [-0.3, -0.25) is 0 Å². The molecule has 0 unspecified atom stereocenters. The summed E-state index contributed by atoms with van der Waals surface area (Å²) in [7, 11) is 0. The van der Waals surface area contributed by atoms with Crippen molar-refractivity contribution in [2.45, 2.75) is 27.2 Å². The molecule has 110 valence electrons. The van der Waals surface area contributed by atoms with Crippen LogP contribution in [0.2, 0.25) is 0 Å². The van der Waals surface area contributed by atoms with Crippen molar-refractivity contribution in [2.24, 2.45) is 0 Å². The van der Waals surface area contributed by atoms with Crippen LogP contribution in [0.1, 0.15) is 37.6 Å². The highest BCUT2D eigenvalue weighted by Crippen LogP contribution is 2.11. The maximum absolute atomic E-state index is 11.9. The number of nitrogens with zero attached hydrogens (tertiary/aromatic N) is 1. The summed E-state index contributed by atoms with van der Waals surface area (Å²) in [5.74, 6) is -0.339. The molecule has 5 heteroatoms. The third kappa shape index (κ3) is 4.57. The number of esters is 1. The molecule has 0 aromatic heterocycles. The molecule has 1 N–H and O–H groups in total. The first-order valence-electron chi connectivity index (χ1n) is 6.95. The number of anilines is 1. The number of carbonyl (C=O) groups is 2. The van der Waals surface area contributed by atoms with Crippen LogP contribution in [0.5, 0.6) is 0 Å². The van der Waals surface area contributed by atoms with Gasteiger partial charge >= 0.3 is 12.0 Å². The number of rotatable bonds is 6. The van der Waals surface area contributed by atoms with Crippen LogP contribution < -0.4 is 5.32 Å². The Balaban J connectivity index is 2.62. The van der Waals surface area contributed by atoms with Crippen molar-refractivity contribution in [3.05, 3.63) is 29.8 Å². The number of benzene rings is 1. The molecule has 0 aliphatic rings. The van der Waals surface area contributed by atoms with E-state index in [0.717, 1.165) is 6.42 Å². The van der Waals surface area contributed by atoms with E-state index in [4.69, 9.17) is 4.74 Å². The van der Waals surface area contributed by atoms with Crippen molar-refractivity contribution in [1.82, 2.24) is 4.90 Å². The summed E-state index contributed by atoms with van der Waals surface area (Å²) in [5, 5.41) is 2.79. The quantitative estimate of drug-likeness (QED) is 0.813. The Bertz CT molecular complexity index is 439. The van der Waals surface area contributed by atoms with Crippen LogP contribution in [-0.4, -0.2) is 36.6 Å². The molecule has 0 aliphatic carbocycles. The second-order valence-corrected chi connectivity index (χ2v) is 4.32. The zero-order chi connectivity index (χ0) is 15.0. The lowest BCUT2D eigenvalue weighted by Gasteiger charge is -2.19. The van der Waals surface area contributed by atoms with Crippen molar-refractivity contribution < 1.29 is 14.3 Å². The molecule has 1 aromatic rings. The summed E-state index contributed by atoms with van der Waals surface area (Å²) in [6, 6.07) is 6.55. The molecule has 0 aliphatic heterocycles. The molecule has 0 bridgehead atoms. The van der Waals surface area contributed by atoms with Crippen LogP contribution >= 0.6 is 0 Å². The van der Waals surface area contributed by atoms with Crippen LogP contribution in [0.25, 0.3) is 0 Å². The lowest BCUT2D eigenvalue weighted by Crippen LogP contribution is -2.34. The first-order valence-corrected chi connectivity index (χ1v) is 6.95. The van der Waals surface area contributed by atoms with E-state index in [9.17, 15) is 9.59 Å². The topological polar surface area (TPSA) is 58.6 Å². The van der Waals surface area contributed by atoms with Crippen LogP contribution in [0.4, 0.5) is 10.5 Å². The van der Waals surface area contributed by atoms with Crippen LogP contribution in [0, 0.1) is 0 Å². The summed E-state index contributed by atoms with van der Waals surface area (Å²) in [5.41, 5.74) is 1.15. The van der Waals surface area contributed by atoms with Gasteiger partial charge in [0, 0.05) is 18.8 Å². The van der Waals surface area contributed by atoms with Gasteiger partial charge in [-0.05, 0) is 44.5 Å². The van der Waals surface area contributed by atoms with E-state index in [1.807, 2.05) is 20.8 Å². The molecule has 0 spiro atoms. The average molecular weight is 278 g/mol. The zero-order valence-corrected chi connectivity index (χ0v) is 12.3. The van der Waals surface area contributed by atoms with Gasteiger partial charge in [-0.25, -0.2) is 9.59 Å². The molecule has 1 aromatic carbocycles. The molecule has 2 amide bonds. The number of carbonyl (C=O) groups excluding carboxylic acids is 2. The first-order chi connectivity index (χ1) is 9.62. The van der Waals surface area contributed by atoms with Gasteiger partial charge in [-0.1, -0.05) is 6.92 Å². The van der Waals surface area contributed by atoms with Gasteiger partial charge in [0.1, 0.15) is 0 Å². The minimum atomic E-state index is -0.339. The Morgan fingerprint density at radius 1 is 1.10 bits per heavy atom. The maximum atomic E-state index is 11.9. The van der Waals surface area contributed by atoms with Crippen molar-refractivity contribution in [3.8, 4) is 0 Å². The van der Waals surface area contributed by atoms with Gasteiger partial charge in [-0.2, -0.15) is 0 Å². The van der Waals surface area contributed by atoms with E-state index >= 15 is 0 Å². The first kappa shape index (κ1) is 16.0. The molecule has 5 nitrogen and oxygen atoms in total. The maximum Gasteiger partial charge on any atom is 0.338 e. The number of ether oxygens (including phenoxy) is 1. The monoisotopic (exact) mass is 278 g/mol. The van der Waals surface area contributed by atoms with Crippen molar-refractivity contribution in [1.29, 1.82) is 0 Å². The largest absolute Gasteiger partial charge is 0.462 e. The number of hydrogen-bond acceptors (Lipinski definition) is 3. The molecular weight excluding hydrogens is 256 g/mol. The Hall–Kier alpha value is -2.04. The fourth-order valence-corrected chi connectivity index (χ4v) is 1.68. The standard InChI is InChI=1S/C15H22N2O3/c1-4-11-20-14(18)12-7-9-13(10-8-12)16-15(19)17(5-2)6-3/h7-10H,4-6,11H2,1-3H3,(H,16,19). The number of nitrogens with one attached hydrogen (secondary N) is 1. The SMILES string of the molecule is CCCOC(=O)c1ccc(NC(=O)N(CC)CC)cc1. The second-order valence-electron chi connectivity index (χ2n) is 4.32. The van der Waals surface area contributed by atoms with Crippen LogP contribution in [-0.2, 0) is 4.74 Å². The van der Waals surface area contributed by atoms with E-state index in [1.54, 1.807) is 29.2 Å². The number of urea groups is 1. The average Bonchev–Trinajstić information content (AvgIpc) is 2.46. The predicted octanol–water partition coefficient (Wildman–Crippen LogP) is 3.13. The lowest BCUT2D eigenvalue weighted by molar-refractivity contribution is 0.0505. The second kappa shape index (κ2) is 8.19. The molecule has 1 rings (SSSR count). The van der Waals surface area contributed by atoms with E-state index in [0.29, 0.717) is 30.9 Å². The molecule has 20 heavy (non-hydrogen) atoms. The predicted molar refractivity (Wildman–Crippen MR) is 79.0 cm³/mol. The fraction of sp³-hybridized carbons (Fsp3) is 0.467. The Kier molecular flexibility index (Phi) is 6.56. The fourth-order valence-electron chi connectivity index (χ4n) is 1.68. The van der Waals surface area contributed by atoms with Gasteiger partial charge in [0.15, 0.2) is 0 Å². The Morgan fingerprint density at radius 2 is 1.70 bits per heavy atom. The summed E-state index contributed by atoms with van der Waals surface area (Å²) in [6.07, 6.45) is 0.795. The third-order valence-corrected chi connectivity index (χ3v) is 2.86. The molecule has 0 saturated heterocycles. The molecule has 0 atom stereocenters. The summed E-state index contributed by atoms with van der Waals surface area (Å²) >= 11 is 0. The van der Waals surface area contributed by atoms with Crippen molar-refractivity contribution in [2.75, 3.05) is 25.0 Å². The molecule has 0 heterocycles. The van der Waals surface area contributed by atoms with Crippen molar-refractivity contribution >= 4 is 17.7 Å². The van der Waals surface area contributed by atoms with E-state index in [-0.39, 0.29) is 12.0 Å². The van der Waals surface area contributed by atoms with Gasteiger partial charge in [0.05, 0.1) is 12.2 Å². The van der Waals surface area contributed by atoms with Gasteiger partial charge in [-0.15, -0.1) is 0 Å². The van der Waals surface area contributed by atoms with Gasteiger partial charge in [0.25, 0.3) is 0 Å². The normalized spacial score (nSPS) is 9.95. The minimum absolute atomic E-state index is 0.142. The number of amides is 2. The summed E-state index contributed by atoms with van der Waals surface area (Å²) in [6.45, 7) is 7.53. The Labute approximate surface area is 119 Å². The van der Waals surface area contributed by atoms with E-state index < -0.39 is 0 Å². The summed E-state index contributed by atoms with van der Waals surface area (Å²) < 4.78 is 5.04. The third-order valence-electron chi connectivity index (χ3n) is 2.86. The lowest BCUT2D eigenvalue weighted by atomic mass is 10.2.